The zero-order chi connectivity index (χ0) is 81.0. The molecule has 4 aromatic heterocycles. The molecule has 21 nitrogen and oxygen atoms in total. The van der Waals surface area contributed by atoms with Gasteiger partial charge in [0.15, 0.2) is 0 Å². The standard InChI is InChI=1S/C31H30ClN3O4.C31H30FN3O4.C29H29N3O4S/c2*1-3-39-31(38)27-28(33-15-17-34(18-16-33)29(36)23-10-12-24(32)13-11-23)25-19-21(2)9-14-26(25)35(30(27)37)20-22-7-5-4-6-8-22;1-3-36-29(35)25-26(30-13-15-31(16-14-30)27(33)24-10-7-17-37-24)22-18-20(2)11-12-23(22)32(28(25)34)19-21-8-5-4-6-9-21/h2*4-14,19H,3,15-18,20H2,1-2H3;4-12,17-18H,3,13-16,19H2,1-2H3. The molecule has 0 saturated carbocycles. The molecular formula is C91H89ClFN9O12S. The number of fused-ring (bicyclic) bond motifs is 3. The number of rotatable bonds is 18. The molecule has 0 radical (unpaired) electrons. The van der Waals surface area contributed by atoms with Gasteiger partial charge in [0, 0.05) is 111 Å². The summed E-state index contributed by atoms with van der Waals surface area (Å²) in [7, 11) is 0. The Kier molecular flexibility index (Phi) is 25.6. The van der Waals surface area contributed by atoms with Gasteiger partial charge in [-0.3, -0.25) is 28.8 Å². The highest BCUT2D eigenvalue weighted by Crippen LogP contribution is 2.36. The fourth-order valence-corrected chi connectivity index (χ4v) is 15.9. The van der Waals surface area contributed by atoms with Crippen molar-refractivity contribution in [2.75, 3.05) is 113 Å². The molecule has 3 amide bonds. The summed E-state index contributed by atoms with van der Waals surface area (Å²) in [6.07, 6.45) is 0. The first-order valence-corrected chi connectivity index (χ1v) is 39.8. The Bertz CT molecular complexity index is 5520. The second kappa shape index (κ2) is 36.6. The van der Waals surface area contributed by atoms with Gasteiger partial charge in [0.1, 0.15) is 22.5 Å². The SMILES string of the molecule is CCOC(=O)c1c(N2CCN(C(=O)c3ccc(Cl)cc3)CC2)c2cc(C)ccc2n(Cc2ccccc2)c1=O.CCOC(=O)c1c(N2CCN(C(=O)c3ccc(F)cc3)CC2)c2cc(C)ccc2n(Cc2ccccc2)c1=O.CCOC(=O)c1c(N2CCN(C(=O)c3cccs3)CC2)c2cc(C)ccc2n(Cc2ccccc2)c1=O. The number of hydrogen-bond donors (Lipinski definition) is 0. The van der Waals surface area contributed by atoms with Gasteiger partial charge in [0.2, 0.25) is 0 Å². The van der Waals surface area contributed by atoms with E-state index in [9.17, 15) is 47.5 Å². The minimum absolute atomic E-state index is 0.00388. The number of pyridine rings is 3. The van der Waals surface area contributed by atoms with Crippen molar-refractivity contribution in [1.29, 1.82) is 0 Å². The van der Waals surface area contributed by atoms with Crippen molar-refractivity contribution < 1.29 is 47.4 Å². The first kappa shape index (κ1) is 80.6. The molecule has 115 heavy (non-hydrogen) atoms. The van der Waals surface area contributed by atoms with E-state index in [4.69, 9.17) is 25.8 Å². The predicted octanol–water partition coefficient (Wildman–Crippen LogP) is 14.3. The van der Waals surface area contributed by atoms with Gasteiger partial charge in [-0.15, -0.1) is 11.3 Å². The van der Waals surface area contributed by atoms with Crippen molar-refractivity contribution in [3.8, 4) is 0 Å². The van der Waals surface area contributed by atoms with E-state index in [-0.39, 0.29) is 65.4 Å². The molecule has 0 bridgehead atoms. The zero-order valence-electron chi connectivity index (χ0n) is 65.0. The molecule has 0 spiro atoms. The van der Waals surface area contributed by atoms with Gasteiger partial charge in [-0.25, -0.2) is 18.8 Å². The number of carbonyl (C=O) groups is 6. The van der Waals surface area contributed by atoms with Gasteiger partial charge in [-0.2, -0.15) is 0 Å². The first-order chi connectivity index (χ1) is 55.7. The first-order valence-electron chi connectivity index (χ1n) is 38.5. The lowest BCUT2D eigenvalue weighted by atomic mass is 10.0. The highest BCUT2D eigenvalue weighted by Gasteiger charge is 2.35. The number of hydrogen-bond acceptors (Lipinski definition) is 16. The monoisotopic (exact) mass is 1590 g/mol. The predicted molar refractivity (Wildman–Crippen MR) is 450 cm³/mol. The third-order valence-electron chi connectivity index (χ3n) is 20.7. The van der Waals surface area contributed by atoms with Gasteiger partial charge in [0.05, 0.1) is 77.9 Å². The number of halogens is 2. The summed E-state index contributed by atoms with van der Waals surface area (Å²) in [5.74, 6) is -2.55. The maximum Gasteiger partial charge on any atom is 0.345 e. The number of thiophene rings is 1. The average molecular weight is 1590 g/mol. The summed E-state index contributed by atoms with van der Waals surface area (Å²) < 4.78 is 34.4. The van der Waals surface area contributed by atoms with Crippen LogP contribution < -0.4 is 31.4 Å². The van der Waals surface area contributed by atoms with Crippen LogP contribution in [-0.2, 0) is 33.8 Å². The minimum Gasteiger partial charge on any atom is -0.462 e. The number of anilines is 3. The smallest absolute Gasteiger partial charge is 0.345 e. The molecule has 590 valence electrons. The summed E-state index contributed by atoms with van der Waals surface area (Å²) in [5, 5.41) is 4.90. The zero-order valence-corrected chi connectivity index (χ0v) is 66.6. The Morgan fingerprint density at radius 1 is 0.374 bits per heavy atom. The fraction of sp³-hybridized carbons (Fsp3) is 0.264. The lowest BCUT2D eigenvalue weighted by Gasteiger charge is -2.37. The van der Waals surface area contributed by atoms with Crippen molar-refractivity contribution >= 4 is 108 Å². The number of nitrogens with zero attached hydrogens (tertiary/aromatic N) is 9. The number of aryl methyl sites for hydroxylation is 3. The van der Waals surface area contributed by atoms with E-state index >= 15 is 0 Å². The Morgan fingerprint density at radius 3 is 0.974 bits per heavy atom. The number of benzene rings is 8. The van der Waals surface area contributed by atoms with Crippen LogP contribution in [0.4, 0.5) is 21.5 Å². The Labute approximate surface area is 674 Å². The van der Waals surface area contributed by atoms with Gasteiger partial charge in [-0.05, 0) is 155 Å². The Morgan fingerprint density at radius 2 is 0.678 bits per heavy atom. The second-order valence-corrected chi connectivity index (χ2v) is 29.7. The molecule has 0 atom stereocenters. The lowest BCUT2D eigenvalue weighted by Crippen LogP contribution is -2.49. The number of amides is 3. The van der Waals surface area contributed by atoms with Gasteiger partial charge < -0.3 is 57.3 Å². The number of carbonyl (C=O) groups excluding carboxylic acids is 6. The van der Waals surface area contributed by atoms with E-state index in [0.29, 0.717) is 136 Å². The van der Waals surface area contributed by atoms with Gasteiger partial charge >= 0.3 is 17.9 Å². The van der Waals surface area contributed by atoms with E-state index in [2.05, 4.69) is 4.90 Å². The van der Waals surface area contributed by atoms with E-state index in [1.54, 1.807) is 68.5 Å². The molecule has 7 heterocycles. The van der Waals surface area contributed by atoms with Crippen LogP contribution in [0.2, 0.25) is 5.02 Å². The van der Waals surface area contributed by atoms with Crippen LogP contribution in [-0.4, -0.2) is 162 Å². The Balaban J connectivity index is 0.000000150. The molecule has 0 unspecified atom stereocenters. The molecule has 3 fully saturated rings. The van der Waals surface area contributed by atoms with Gasteiger partial charge in [0.25, 0.3) is 34.4 Å². The fourth-order valence-electron chi connectivity index (χ4n) is 15.1. The van der Waals surface area contributed by atoms with Crippen LogP contribution in [0.3, 0.4) is 0 Å². The molecule has 15 rings (SSSR count). The normalized spacial score (nSPS) is 13.6. The molecule has 12 aromatic rings. The van der Waals surface area contributed by atoms with Crippen LogP contribution in [0.5, 0.6) is 0 Å². The van der Waals surface area contributed by atoms with E-state index in [0.717, 1.165) is 66.1 Å². The van der Waals surface area contributed by atoms with Crippen molar-refractivity contribution in [2.45, 2.75) is 61.2 Å². The molecule has 3 aliphatic rings. The van der Waals surface area contributed by atoms with E-state index in [1.807, 2.05) is 199 Å². The number of ether oxygens (including phenoxy) is 3. The summed E-state index contributed by atoms with van der Waals surface area (Å²) in [6, 6.07) is 62.9. The highest BCUT2D eigenvalue weighted by molar-refractivity contribution is 7.12. The van der Waals surface area contributed by atoms with Crippen LogP contribution in [0.25, 0.3) is 32.7 Å². The quantitative estimate of drug-likeness (QED) is 0.0577. The number of aromatic nitrogens is 3. The molecule has 3 aliphatic heterocycles. The summed E-state index contributed by atoms with van der Waals surface area (Å²) in [6.45, 7) is 18.1. The molecule has 3 saturated heterocycles. The topological polar surface area (TPSA) is 216 Å². The van der Waals surface area contributed by atoms with E-state index in [1.165, 1.54) is 35.6 Å². The van der Waals surface area contributed by atoms with Crippen molar-refractivity contribution in [2.24, 2.45) is 0 Å². The van der Waals surface area contributed by atoms with E-state index < -0.39 is 29.3 Å². The van der Waals surface area contributed by atoms with Crippen LogP contribution in [0, 0.1) is 26.6 Å². The molecule has 0 aliphatic carbocycles. The molecule has 8 aromatic carbocycles. The highest BCUT2D eigenvalue weighted by atomic mass is 35.5. The summed E-state index contributed by atoms with van der Waals surface area (Å²) >= 11 is 7.41. The maximum atomic E-state index is 14.0. The third kappa shape index (κ3) is 18.0. The molecular weight excluding hydrogens is 1500 g/mol. The second-order valence-electron chi connectivity index (χ2n) is 28.4. The maximum absolute atomic E-state index is 14.0. The van der Waals surface area contributed by atoms with Crippen LogP contribution in [0.15, 0.2) is 226 Å². The van der Waals surface area contributed by atoms with Gasteiger partial charge in [-0.1, -0.05) is 144 Å². The average Bonchev–Trinajstić information content (AvgIpc) is 0.927. The Hall–Kier alpha value is -12.5. The van der Waals surface area contributed by atoms with Crippen molar-refractivity contribution in [3.05, 3.63) is 320 Å². The number of piperazine rings is 3. The minimum atomic E-state index is -0.660. The largest absolute Gasteiger partial charge is 0.462 e. The lowest BCUT2D eigenvalue weighted by molar-refractivity contribution is 0.0514. The van der Waals surface area contributed by atoms with Crippen LogP contribution >= 0.6 is 22.9 Å². The van der Waals surface area contributed by atoms with Crippen LogP contribution in [0.1, 0.15) is 116 Å². The molecule has 0 N–H and O–H groups in total. The van der Waals surface area contributed by atoms with Crippen molar-refractivity contribution in [3.63, 3.8) is 0 Å². The van der Waals surface area contributed by atoms with Crippen molar-refractivity contribution in [1.82, 2.24) is 28.4 Å². The summed E-state index contributed by atoms with van der Waals surface area (Å²) in [5.41, 5.74) is 9.75. The molecule has 24 heteroatoms. The number of esters is 3. The third-order valence-corrected chi connectivity index (χ3v) is 21.8. The summed E-state index contributed by atoms with van der Waals surface area (Å²) in [4.78, 5) is 133.